The van der Waals surface area contributed by atoms with Crippen LogP contribution in [0.2, 0.25) is 0 Å². The van der Waals surface area contributed by atoms with Crippen LogP contribution in [-0.2, 0) is 0 Å². The first kappa shape index (κ1) is 19.1. The predicted molar refractivity (Wildman–Crippen MR) is 98.8 cm³/mol. The quantitative estimate of drug-likeness (QED) is 0.580. The minimum atomic E-state index is -0.371. The topological polar surface area (TPSA) is 78.4 Å². The van der Waals surface area contributed by atoms with Crippen molar-refractivity contribution in [3.8, 4) is 23.0 Å². The summed E-state index contributed by atoms with van der Waals surface area (Å²) in [5, 5.41) is 4.00. The van der Waals surface area contributed by atoms with Gasteiger partial charge in [-0.3, -0.25) is 4.79 Å². The molecule has 0 heterocycles. The van der Waals surface area contributed by atoms with E-state index >= 15 is 0 Å². The van der Waals surface area contributed by atoms with Crippen LogP contribution < -0.4 is 24.4 Å². The number of benzene rings is 2. The van der Waals surface area contributed by atoms with Gasteiger partial charge < -0.3 is 18.9 Å². The highest BCUT2D eigenvalue weighted by molar-refractivity contribution is 5.97. The van der Waals surface area contributed by atoms with Crippen LogP contribution >= 0.6 is 0 Å². The van der Waals surface area contributed by atoms with Gasteiger partial charge in [0.05, 0.1) is 39.7 Å². The highest BCUT2D eigenvalue weighted by atomic mass is 16.5. The monoisotopic (exact) mass is 358 g/mol. The van der Waals surface area contributed by atoms with E-state index in [2.05, 4.69) is 10.5 Å². The molecule has 2 rings (SSSR count). The zero-order valence-electron chi connectivity index (χ0n) is 15.2. The van der Waals surface area contributed by atoms with E-state index < -0.39 is 0 Å². The van der Waals surface area contributed by atoms with Crippen molar-refractivity contribution in [2.24, 2.45) is 5.10 Å². The van der Waals surface area contributed by atoms with Crippen molar-refractivity contribution in [3.63, 3.8) is 0 Å². The molecule has 0 saturated carbocycles. The number of carbonyl (C=O) groups is 1. The fourth-order valence-electron chi connectivity index (χ4n) is 2.38. The molecule has 7 heteroatoms. The van der Waals surface area contributed by atoms with E-state index in [0.29, 0.717) is 40.7 Å². The smallest absolute Gasteiger partial charge is 0.275 e. The fraction of sp³-hybridized carbons (Fsp3) is 0.263. The minimum Gasteiger partial charge on any atom is -0.493 e. The summed E-state index contributed by atoms with van der Waals surface area (Å²) >= 11 is 0. The first-order valence-electron chi connectivity index (χ1n) is 8.00. The maximum atomic E-state index is 12.3. The Labute approximate surface area is 152 Å². The molecule has 0 radical (unpaired) electrons. The van der Waals surface area contributed by atoms with E-state index in [-0.39, 0.29) is 5.91 Å². The number of ether oxygens (including phenoxy) is 4. The largest absolute Gasteiger partial charge is 0.493 e. The molecule has 0 unspecified atom stereocenters. The second kappa shape index (κ2) is 9.31. The Bertz CT molecular complexity index is 789. The van der Waals surface area contributed by atoms with Gasteiger partial charge in [0.1, 0.15) is 5.75 Å². The zero-order valence-corrected chi connectivity index (χ0v) is 15.2. The van der Waals surface area contributed by atoms with Gasteiger partial charge >= 0.3 is 0 Å². The molecule has 1 N–H and O–H groups in total. The Morgan fingerprint density at radius 1 is 1.00 bits per heavy atom. The summed E-state index contributed by atoms with van der Waals surface area (Å²) in [6.45, 7) is 2.33. The number of hydrogen-bond donors (Lipinski definition) is 1. The number of methoxy groups -OCH3 is 3. The van der Waals surface area contributed by atoms with Crippen LogP contribution in [-0.4, -0.2) is 40.1 Å². The normalized spacial score (nSPS) is 10.5. The summed E-state index contributed by atoms with van der Waals surface area (Å²) in [5.41, 5.74) is 3.52. The summed E-state index contributed by atoms with van der Waals surface area (Å²) in [6, 6.07) is 10.5. The lowest BCUT2D eigenvalue weighted by Gasteiger charge is -2.13. The summed E-state index contributed by atoms with van der Waals surface area (Å²) in [7, 11) is 4.58. The van der Waals surface area contributed by atoms with E-state index in [4.69, 9.17) is 18.9 Å². The summed E-state index contributed by atoms with van der Waals surface area (Å²) in [4.78, 5) is 12.3. The van der Waals surface area contributed by atoms with E-state index in [0.717, 1.165) is 0 Å². The lowest BCUT2D eigenvalue weighted by Crippen LogP contribution is -2.18. The molecular weight excluding hydrogens is 336 g/mol. The number of rotatable bonds is 8. The zero-order chi connectivity index (χ0) is 18.9. The molecule has 0 bridgehead atoms. The van der Waals surface area contributed by atoms with Gasteiger partial charge in [0.15, 0.2) is 11.5 Å². The molecule has 0 aliphatic heterocycles. The lowest BCUT2D eigenvalue weighted by molar-refractivity contribution is 0.0951. The van der Waals surface area contributed by atoms with Gasteiger partial charge in [0.2, 0.25) is 5.75 Å². The molecule has 1 amide bonds. The average Bonchev–Trinajstić information content (AvgIpc) is 2.67. The number of hydrogen-bond acceptors (Lipinski definition) is 6. The van der Waals surface area contributed by atoms with Crippen LogP contribution in [0.1, 0.15) is 22.8 Å². The Kier molecular flexibility index (Phi) is 6.84. The molecule has 0 aliphatic carbocycles. The van der Waals surface area contributed by atoms with Crippen molar-refractivity contribution in [2.45, 2.75) is 6.92 Å². The Hall–Kier alpha value is -3.22. The lowest BCUT2D eigenvalue weighted by atomic mass is 10.2. The molecule has 0 aliphatic rings. The van der Waals surface area contributed by atoms with Crippen molar-refractivity contribution >= 4 is 12.1 Å². The maximum absolute atomic E-state index is 12.3. The van der Waals surface area contributed by atoms with Gasteiger partial charge in [-0.05, 0) is 31.2 Å². The summed E-state index contributed by atoms with van der Waals surface area (Å²) in [5.74, 6) is 1.58. The van der Waals surface area contributed by atoms with Gasteiger partial charge in [-0.15, -0.1) is 0 Å². The van der Waals surface area contributed by atoms with E-state index in [1.807, 2.05) is 6.92 Å². The van der Waals surface area contributed by atoms with Crippen molar-refractivity contribution in [2.75, 3.05) is 27.9 Å². The number of carbonyl (C=O) groups excluding carboxylic acids is 1. The van der Waals surface area contributed by atoms with E-state index in [1.165, 1.54) is 20.4 Å². The van der Waals surface area contributed by atoms with Gasteiger partial charge in [-0.25, -0.2) is 5.43 Å². The van der Waals surface area contributed by atoms with Crippen molar-refractivity contribution < 1.29 is 23.7 Å². The first-order valence-corrected chi connectivity index (χ1v) is 8.00. The maximum Gasteiger partial charge on any atom is 0.275 e. The second-order valence-corrected chi connectivity index (χ2v) is 5.05. The molecular formula is C19H22N2O5. The van der Waals surface area contributed by atoms with E-state index in [9.17, 15) is 4.79 Å². The molecule has 26 heavy (non-hydrogen) atoms. The molecule has 2 aromatic rings. The number of amides is 1. The van der Waals surface area contributed by atoms with Crippen LogP contribution in [0.15, 0.2) is 41.5 Å². The Morgan fingerprint density at radius 3 is 2.38 bits per heavy atom. The van der Waals surface area contributed by atoms with Gasteiger partial charge in [0.25, 0.3) is 5.91 Å². The highest BCUT2D eigenvalue weighted by Gasteiger charge is 2.15. The van der Waals surface area contributed by atoms with Crippen molar-refractivity contribution in [1.82, 2.24) is 5.43 Å². The van der Waals surface area contributed by atoms with Crippen molar-refractivity contribution in [3.05, 3.63) is 47.5 Å². The first-order chi connectivity index (χ1) is 12.7. The third-order valence-corrected chi connectivity index (χ3v) is 3.54. The number of nitrogens with one attached hydrogen (secondary N) is 1. The van der Waals surface area contributed by atoms with Crippen LogP contribution in [0.3, 0.4) is 0 Å². The molecule has 0 saturated heterocycles. The summed E-state index contributed by atoms with van der Waals surface area (Å²) < 4.78 is 21.4. The molecule has 0 atom stereocenters. The standard InChI is InChI=1S/C19H22N2O5/c1-5-26-15-9-7-6-8-14(15)19(22)21-20-12-13-10-11-16(23-2)18(25-4)17(13)24-3/h6-12H,5H2,1-4H3,(H,21,22)/b20-12+. The number of para-hydroxylation sites is 1. The van der Waals surface area contributed by atoms with Gasteiger partial charge in [0, 0.05) is 5.56 Å². The van der Waals surface area contributed by atoms with Gasteiger partial charge in [-0.2, -0.15) is 5.10 Å². The number of hydrazone groups is 1. The van der Waals surface area contributed by atoms with Gasteiger partial charge in [-0.1, -0.05) is 12.1 Å². The van der Waals surface area contributed by atoms with Crippen LogP contribution in [0, 0.1) is 0 Å². The molecule has 2 aromatic carbocycles. The molecule has 7 nitrogen and oxygen atoms in total. The van der Waals surface area contributed by atoms with E-state index in [1.54, 1.807) is 43.5 Å². The fourth-order valence-corrected chi connectivity index (χ4v) is 2.38. The number of nitrogens with zero attached hydrogens (tertiary/aromatic N) is 1. The SMILES string of the molecule is CCOc1ccccc1C(=O)N/N=C/c1ccc(OC)c(OC)c1OC. The molecule has 0 aromatic heterocycles. The summed E-state index contributed by atoms with van der Waals surface area (Å²) in [6.07, 6.45) is 1.47. The predicted octanol–water partition coefficient (Wildman–Crippen LogP) is 2.88. The Balaban J connectivity index is 2.20. The van der Waals surface area contributed by atoms with Crippen LogP contribution in [0.4, 0.5) is 0 Å². The Morgan fingerprint density at radius 2 is 1.73 bits per heavy atom. The molecule has 138 valence electrons. The second-order valence-electron chi connectivity index (χ2n) is 5.05. The molecule has 0 fully saturated rings. The average molecular weight is 358 g/mol. The highest BCUT2D eigenvalue weighted by Crippen LogP contribution is 2.38. The molecule has 0 spiro atoms. The van der Waals surface area contributed by atoms with Crippen LogP contribution in [0.5, 0.6) is 23.0 Å². The minimum absolute atomic E-state index is 0.371. The third-order valence-electron chi connectivity index (χ3n) is 3.54. The van der Waals surface area contributed by atoms with Crippen molar-refractivity contribution in [1.29, 1.82) is 0 Å². The van der Waals surface area contributed by atoms with Crippen LogP contribution in [0.25, 0.3) is 0 Å². The third kappa shape index (κ3) is 4.24.